The van der Waals surface area contributed by atoms with Crippen LogP contribution in [-0.2, 0) is 47.9 Å². The minimum atomic E-state index is -1.67. The molecule has 0 fully saturated rings. The molecule has 0 aromatic carbocycles. The number of amides is 7. The van der Waals surface area contributed by atoms with E-state index in [9.17, 15) is 58.2 Å². The van der Waals surface area contributed by atoms with Crippen LogP contribution in [0.15, 0.2) is 0 Å². The number of hydrogen-bond acceptors (Lipinski definition) is 14. The van der Waals surface area contributed by atoms with Gasteiger partial charge in [0.15, 0.2) is 0 Å². The van der Waals surface area contributed by atoms with Crippen LogP contribution in [0.5, 0.6) is 0 Å². The molecule has 0 heterocycles. The Bertz CT molecular complexity index is 1650. The highest BCUT2D eigenvalue weighted by molar-refractivity contribution is 7.98. The first-order valence-corrected chi connectivity index (χ1v) is 23.5. The van der Waals surface area contributed by atoms with E-state index in [0.29, 0.717) is 12.2 Å². The summed E-state index contributed by atoms with van der Waals surface area (Å²) in [7, 11) is 0. The van der Waals surface area contributed by atoms with Crippen molar-refractivity contribution in [2.24, 2.45) is 35.1 Å². The molecule has 10 atom stereocenters. The lowest BCUT2D eigenvalue weighted by atomic mass is 9.96. The van der Waals surface area contributed by atoms with Crippen LogP contribution in [0, 0.1) is 23.7 Å². The summed E-state index contributed by atoms with van der Waals surface area (Å²) in [6.45, 7) is 13.6. The van der Waals surface area contributed by atoms with Crippen LogP contribution in [-0.4, -0.2) is 153 Å². The maximum atomic E-state index is 13.9. The van der Waals surface area contributed by atoms with Gasteiger partial charge in [0.05, 0.1) is 37.1 Å². The number of primary amides is 1. The average molecular weight is 962 g/mol. The molecule has 0 aliphatic rings. The third kappa shape index (κ3) is 23.9. The molecule has 0 bridgehead atoms. The van der Waals surface area contributed by atoms with Crippen LogP contribution in [0.3, 0.4) is 0 Å². The second-order valence-corrected chi connectivity index (χ2v) is 18.6. The highest BCUT2D eigenvalue weighted by atomic mass is 32.2. The van der Waals surface area contributed by atoms with E-state index in [2.05, 4.69) is 37.2 Å². The van der Waals surface area contributed by atoms with Gasteiger partial charge in [-0.15, -0.1) is 0 Å². The van der Waals surface area contributed by atoms with E-state index in [1.807, 2.05) is 20.1 Å². The van der Waals surface area contributed by atoms with Crippen molar-refractivity contribution in [1.29, 1.82) is 0 Å². The third-order valence-corrected chi connectivity index (χ3v) is 11.1. The Kier molecular flexibility index (Phi) is 28.6. The van der Waals surface area contributed by atoms with Crippen LogP contribution in [0.2, 0.25) is 0 Å². The Hall–Kier alpha value is -5.07. The van der Waals surface area contributed by atoms with Gasteiger partial charge in [-0.3, -0.25) is 47.9 Å². The summed E-state index contributed by atoms with van der Waals surface area (Å²) >= 11 is 1.42. The fraction of sp³-hybridized carbons (Fsp3) is 0.762. The van der Waals surface area contributed by atoms with Gasteiger partial charge in [0, 0.05) is 13.0 Å². The number of rotatable bonds is 34. The van der Waals surface area contributed by atoms with Crippen molar-refractivity contribution in [3.8, 4) is 0 Å². The highest BCUT2D eigenvalue weighted by Gasteiger charge is 2.36. The molecular formula is C42H75N9O14S. The second-order valence-electron chi connectivity index (χ2n) is 17.6. The van der Waals surface area contributed by atoms with Crippen molar-refractivity contribution in [1.82, 2.24) is 37.2 Å². The smallest absolute Gasteiger partial charge is 0.305 e. The molecule has 66 heavy (non-hydrogen) atoms. The van der Waals surface area contributed by atoms with Crippen molar-refractivity contribution in [2.45, 2.75) is 161 Å². The van der Waals surface area contributed by atoms with Crippen LogP contribution in [0.25, 0.3) is 0 Å². The van der Waals surface area contributed by atoms with E-state index in [1.165, 1.54) is 11.8 Å². The number of aliphatic carboxylic acids is 3. The number of carbonyl (C=O) groups excluding carboxylic acids is 7. The molecule has 0 radical (unpaired) electrons. The minimum Gasteiger partial charge on any atom is -0.481 e. The van der Waals surface area contributed by atoms with Crippen molar-refractivity contribution in [3.05, 3.63) is 0 Å². The van der Waals surface area contributed by atoms with Gasteiger partial charge in [-0.2, -0.15) is 11.8 Å². The lowest BCUT2D eigenvalue weighted by Crippen LogP contribution is -2.60. The molecule has 0 aliphatic carbocycles. The van der Waals surface area contributed by atoms with Crippen molar-refractivity contribution < 1.29 is 68.4 Å². The Morgan fingerprint density at radius 2 is 1.06 bits per heavy atom. The van der Waals surface area contributed by atoms with Crippen LogP contribution in [0.1, 0.15) is 107 Å². The maximum absolute atomic E-state index is 13.9. The highest BCUT2D eigenvalue weighted by Crippen LogP contribution is 2.14. The summed E-state index contributed by atoms with van der Waals surface area (Å²) in [5.74, 6) is -10.8. The van der Waals surface area contributed by atoms with Gasteiger partial charge in [-0.05, 0) is 61.4 Å². The molecule has 23 nitrogen and oxygen atoms in total. The predicted octanol–water partition coefficient (Wildman–Crippen LogP) is -1.61. The van der Waals surface area contributed by atoms with Gasteiger partial charge in [0.1, 0.15) is 30.2 Å². The fourth-order valence-electron chi connectivity index (χ4n) is 6.51. The van der Waals surface area contributed by atoms with Gasteiger partial charge in [0.2, 0.25) is 41.4 Å². The third-order valence-electron chi connectivity index (χ3n) is 10.5. The summed E-state index contributed by atoms with van der Waals surface area (Å²) in [5.41, 5.74) is 11.1. The molecular weight excluding hydrogens is 887 g/mol. The zero-order valence-electron chi connectivity index (χ0n) is 39.5. The number of hydrogen-bond donors (Lipinski definition) is 13. The van der Waals surface area contributed by atoms with Gasteiger partial charge >= 0.3 is 17.9 Å². The van der Waals surface area contributed by atoms with Gasteiger partial charge in [0.25, 0.3) is 0 Å². The molecule has 0 aromatic rings. The average Bonchev–Trinajstić information content (AvgIpc) is 3.21. The van der Waals surface area contributed by atoms with Crippen molar-refractivity contribution >= 4 is 71.0 Å². The first-order chi connectivity index (χ1) is 30.6. The molecule has 0 saturated heterocycles. The molecule has 7 amide bonds. The van der Waals surface area contributed by atoms with E-state index < -0.39 is 145 Å². The van der Waals surface area contributed by atoms with Gasteiger partial charge in [-0.25, -0.2) is 0 Å². The number of nitrogens with one attached hydrogen (secondary N) is 7. The van der Waals surface area contributed by atoms with E-state index in [-0.39, 0.29) is 44.1 Å². The molecule has 0 aliphatic heterocycles. The number of carboxylic acids is 3. The quantitative estimate of drug-likeness (QED) is 0.0345. The molecule has 0 saturated carbocycles. The number of thioether (sulfide) groups is 1. The normalized spacial score (nSPS) is 16.0. The molecule has 15 N–H and O–H groups in total. The van der Waals surface area contributed by atoms with Crippen LogP contribution < -0.4 is 48.7 Å². The molecule has 0 spiro atoms. The van der Waals surface area contributed by atoms with E-state index in [4.69, 9.17) is 21.7 Å². The van der Waals surface area contributed by atoms with Crippen LogP contribution in [0.4, 0.5) is 0 Å². The van der Waals surface area contributed by atoms with E-state index in [1.54, 1.807) is 41.5 Å². The molecule has 0 unspecified atom stereocenters. The maximum Gasteiger partial charge on any atom is 0.305 e. The number of aliphatic hydroxyl groups excluding tert-OH is 1. The van der Waals surface area contributed by atoms with E-state index in [0.717, 1.165) is 0 Å². The standard InChI is InChI=1S/C42H75N9O14S/c1-10-23(8)35(51-37(60)24(43)11-12-31(53)54)42(65)49-29(18-33(57)58)40(63)46-26(15-20(2)3)30(52)19-45-25(13-14-66-9)38(61)50-34(22(6)7)41(64)48-28(16-21(4)5)39(62)47-27(36(44)59)17-32(55)56/h20-30,34-35,45,52H,10-19,43H2,1-9H3,(H2,44,59)(H,46,63)(H,47,62)(H,48,64)(H,49,65)(H,50,61)(H,51,60)(H,53,54)(H,55,56)(H,57,58)/t23-,24-,25-,26-,27-,28-,29-,30-,34-,35-/m0/s1. The summed E-state index contributed by atoms with van der Waals surface area (Å²) in [5, 5.41) is 57.4. The van der Waals surface area contributed by atoms with Crippen molar-refractivity contribution in [3.63, 3.8) is 0 Å². The molecule has 378 valence electrons. The largest absolute Gasteiger partial charge is 0.481 e. The Balaban J connectivity index is 6.30. The molecule has 0 aromatic heterocycles. The lowest BCUT2D eigenvalue weighted by Gasteiger charge is -2.31. The summed E-state index contributed by atoms with van der Waals surface area (Å²) in [4.78, 5) is 127. The predicted molar refractivity (Wildman–Crippen MR) is 244 cm³/mol. The van der Waals surface area contributed by atoms with Gasteiger partial charge in [-0.1, -0.05) is 61.8 Å². The summed E-state index contributed by atoms with van der Waals surface area (Å²) in [6.07, 6.45) is -0.998. The number of carboxylic acid groups (broad SMARTS) is 3. The lowest BCUT2D eigenvalue weighted by molar-refractivity contribution is -0.142. The first kappa shape index (κ1) is 60.9. The molecule has 0 rings (SSSR count). The number of nitrogens with two attached hydrogens (primary N) is 2. The minimum absolute atomic E-state index is 0.0890. The summed E-state index contributed by atoms with van der Waals surface area (Å²) < 4.78 is 0. The summed E-state index contributed by atoms with van der Waals surface area (Å²) in [6, 6.07) is -10.2. The Morgan fingerprint density at radius 1 is 0.576 bits per heavy atom. The second kappa shape index (κ2) is 31.0. The molecule has 24 heteroatoms. The topological polar surface area (TPSA) is 388 Å². The fourth-order valence-corrected chi connectivity index (χ4v) is 6.98. The van der Waals surface area contributed by atoms with Gasteiger partial charge < -0.3 is 69.1 Å². The Labute approximate surface area is 390 Å². The monoisotopic (exact) mass is 962 g/mol. The zero-order valence-corrected chi connectivity index (χ0v) is 40.3. The van der Waals surface area contributed by atoms with Crippen molar-refractivity contribution in [2.75, 3.05) is 18.6 Å². The Morgan fingerprint density at radius 3 is 1.55 bits per heavy atom. The number of carbonyl (C=O) groups is 10. The SMILES string of the molecule is CC[C@H](C)[C@H](NC(=O)[C@@H](N)CCC(=O)O)C(=O)N[C@@H](CC(=O)O)C(=O)N[C@@H](CC(C)C)[C@@H](O)CN[C@@H](CCSC)C(=O)N[C@H](C(=O)N[C@@H](CC(C)C)C(=O)N[C@@H](CC(=O)O)C(N)=O)C(C)C. The number of aliphatic hydroxyl groups is 1. The first-order valence-electron chi connectivity index (χ1n) is 22.1. The van der Waals surface area contributed by atoms with E-state index >= 15 is 0 Å². The van der Waals surface area contributed by atoms with Crippen LogP contribution >= 0.6 is 11.8 Å². The zero-order chi connectivity index (χ0) is 51.0.